The number of aliphatic hydroxyl groups is 1. The van der Waals surface area contributed by atoms with Crippen molar-refractivity contribution >= 4 is 15.9 Å². The summed E-state index contributed by atoms with van der Waals surface area (Å²) in [6.07, 6.45) is 8.45. The highest BCUT2D eigenvalue weighted by Crippen LogP contribution is 2.36. The summed E-state index contributed by atoms with van der Waals surface area (Å²) in [5.74, 6) is 0. The van der Waals surface area contributed by atoms with Crippen molar-refractivity contribution in [1.29, 1.82) is 0 Å². The third-order valence-electron chi connectivity index (χ3n) is 3.59. The molecule has 1 saturated carbocycles. The van der Waals surface area contributed by atoms with E-state index in [1.54, 1.807) is 6.20 Å². The minimum atomic E-state index is 0.124. The van der Waals surface area contributed by atoms with Crippen LogP contribution in [0.25, 0.3) is 0 Å². The fraction of sp³-hybridized carbons (Fsp3) is 0.615. The summed E-state index contributed by atoms with van der Waals surface area (Å²) >= 11 is 3.41. The molecule has 1 aromatic heterocycles. The topological polar surface area (TPSA) is 45.1 Å². The highest BCUT2D eigenvalue weighted by atomic mass is 79.9. The van der Waals surface area contributed by atoms with Crippen molar-refractivity contribution in [2.24, 2.45) is 5.41 Å². The van der Waals surface area contributed by atoms with Crippen LogP contribution in [0.4, 0.5) is 0 Å². The van der Waals surface area contributed by atoms with E-state index in [-0.39, 0.29) is 5.41 Å². The van der Waals surface area contributed by atoms with E-state index in [1.807, 2.05) is 6.20 Å². The van der Waals surface area contributed by atoms with Crippen LogP contribution < -0.4 is 5.32 Å². The average molecular weight is 299 g/mol. The number of hydrogen-bond acceptors (Lipinski definition) is 3. The normalized spacial score (nSPS) is 18.5. The van der Waals surface area contributed by atoms with Crippen LogP contribution in [0.1, 0.15) is 31.2 Å². The van der Waals surface area contributed by atoms with Crippen molar-refractivity contribution in [3.8, 4) is 0 Å². The molecule has 94 valence electrons. The Morgan fingerprint density at radius 1 is 1.35 bits per heavy atom. The molecule has 2 N–H and O–H groups in total. The third kappa shape index (κ3) is 3.50. The number of rotatable bonds is 5. The maximum absolute atomic E-state index is 9.50. The monoisotopic (exact) mass is 298 g/mol. The molecule has 0 atom stereocenters. The second-order valence-corrected chi connectivity index (χ2v) is 5.90. The molecule has 0 aliphatic heterocycles. The zero-order valence-corrected chi connectivity index (χ0v) is 11.5. The Labute approximate surface area is 111 Å². The van der Waals surface area contributed by atoms with E-state index in [2.05, 4.69) is 32.3 Å². The molecule has 1 aromatic rings. The van der Waals surface area contributed by atoms with Crippen LogP contribution in [0.3, 0.4) is 0 Å². The number of nitrogens with one attached hydrogen (secondary N) is 1. The third-order valence-corrected chi connectivity index (χ3v) is 4.02. The molecule has 1 aliphatic rings. The lowest BCUT2D eigenvalue weighted by Gasteiger charge is -2.26. The summed E-state index contributed by atoms with van der Waals surface area (Å²) in [6.45, 7) is 2.01. The summed E-state index contributed by atoms with van der Waals surface area (Å²) in [4.78, 5) is 4.14. The SMILES string of the molecule is OCC1(CNCc2cncc(Br)c2)CCCC1. The molecule has 0 bridgehead atoms. The van der Waals surface area contributed by atoms with Gasteiger partial charge in [-0.2, -0.15) is 0 Å². The summed E-state index contributed by atoms with van der Waals surface area (Å²) in [5, 5.41) is 12.9. The maximum Gasteiger partial charge on any atom is 0.0499 e. The molecule has 1 fully saturated rings. The van der Waals surface area contributed by atoms with Crippen LogP contribution in [0.2, 0.25) is 0 Å². The summed E-state index contributed by atoms with van der Waals surface area (Å²) in [7, 11) is 0. The predicted octanol–water partition coefficient (Wildman–Crippen LogP) is 2.49. The lowest BCUT2D eigenvalue weighted by molar-refractivity contribution is 0.128. The van der Waals surface area contributed by atoms with E-state index in [0.717, 1.165) is 30.4 Å². The molecule has 4 heteroatoms. The molecule has 0 saturated heterocycles. The molecule has 0 spiro atoms. The van der Waals surface area contributed by atoms with Gasteiger partial charge < -0.3 is 10.4 Å². The Morgan fingerprint density at radius 3 is 2.76 bits per heavy atom. The Bertz CT molecular complexity index is 364. The zero-order valence-electron chi connectivity index (χ0n) is 9.95. The fourth-order valence-corrected chi connectivity index (χ4v) is 2.95. The van der Waals surface area contributed by atoms with Gasteiger partial charge in [-0.3, -0.25) is 4.98 Å². The largest absolute Gasteiger partial charge is 0.396 e. The van der Waals surface area contributed by atoms with E-state index < -0.39 is 0 Å². The van der Waals surface area contributed by atoms with Gasteiger partial charge in [0.1, 0.15) is 0 Å². The molecule has 0 unspecified atom stereocenters. The molecule has 0 aromatic carbocycles. The zero-order chi connectivity index (χ0) is 12.1. The van der Waals surface area contributed by atoms with Crippen LogP contribution in [0, 0.1) is 5.41 Å². The highest BCUT2D eigenvalue weighted by Gasteiger charge is 2.32. The molecule has 0 amide bonds. The molecule has 0 radical (unpaired) electrons. The number of nitrogens with zero attached hydrogens (tertiary/aromatic N) is 1. The minimum Gasteiger partial charge on any atom is -0.396 e. The Hall–Kier alpha value is -0.450. The van der Waals surface area contributed by atoms with Gasteiger partial charge in [0.05, 0.1) is 0 Å². The van der Waals surface area contributed by atoms with E-state index in [4.69, 9.17) is 0 Å². The first-order chi connectivity index (χ1) is 8.24. The lowest BCUT2D eigenvalue weighted by Crippen LogP contribution is -2.34. The molecule has 1 aliphatic carbocycles. The lowest BCUT2D eigenvalue weighted by atomic mass is 9.87. The van der Waals surface area contributed by atoms with Gasteiger partial charge in [0, 0.05) is 42.0 Å². The van der Waals surface area contributed by atoms with E-state index >= 15 is 0 Å². The summed E-state index contributed by atoms with van der Waals surface area (Å²) in [5.41, 5.74) is 1.30. The van der Waals surface area contributed by atoms with Gasteiger partial charge in [-0.1, -0.05) is 12.8 Å². The second-order valence-electron chi connectivity index (χ2n) is 4.98. The second kappa shape index (κ2) is 5.94. The maximum atomic E-state index is 9.50. The van der Waals surface area contributed by atoms with Crippen molar-refractivity contribution in [2.45, 2.75) is 32.2 Å². The van der Waals surface area contributed by atoms with Gasteiger partial charge in [-0.15, -0.1) is 0 Å². The first kappa shape index (κ1) is 13.0. The fourth-order valence-electron chi connectivity index (χ4n) is 2.54. The van der Waals surface area contributed by atoms with Crippen LogP contribution in [0.15, 0.2) is 22.9 Å². The van der Waals surface area contributed by atoms with Crippen LogP contribution in [0.5, 0.6) is 0 Å². The predicted molar refractivity (Wildman–Crippen MR) is 71.6 cm³/mol. The van der Waals surface area contributed by atoms with E-state index in [0.29, 0.717) is 6.61 Å². The molecule has 17 heavy (non-hydrogen) atoms. The van der Waals surface area contributed by atoms with Gasteiger partial charge >= 0.3 is 0 Å². The Morgan fingerprint density at radius 2 is 2.12 bits per heavy atom. The first-order valence-corrected chi connectivity index (χ1v) is 6.94. The van der Waals surface area contributed by atoms with E-state index in [1.165, 1.54) is 18.4 Å². The van der Waals surface area contributed by atoms with Gasteiger partial charge in [0.15, 0.2) is 0 Å². The van der Waals surface area contributed by atoms with Crippen molar-refractivity contribution in [3.63, 3.8) is 0 Å². The van der Waals surface area contributed by atoms with Crippen molar-refractivity contribution in [1.82, 2.24) is 10.3 Å². The van der Waals surface area contributed by atoms with Crippen LogP contribution in [-0.4, -0.2) is 23.2 Å². The van der Waals surface area contributed by atoms with Gasteiger partial charge in [-0.05, 0) is 40.4 Å². The average Bonchev–Trinajstić information content (AvgIpc) is 2.79. The van der Waals surface area contributed by atoms with Crippen molar-refractivity contribution < 1.29 is 5.11 Å². The number of pyridine rings is 1. The Kier molecular flexibility index (Phi) is 4.54. The van der Waals surface area contributed by atoms with Crippen molar-refractivity contribution in [2.75, 3.05) is 13.2 Å². The number of halogens is 1. The quantitative estimate of drug-likeness (QED) is 0.878. The van der Waals surface area contributed by atoms with Gasteiger partial charge in [0.2, 0.25) is 0 Å². The number of hydrogen-bond donors (Lipinski definition) is 2. The summed E-state index contributed by atoms with van der Waals surface area (Å²) < 4.78 is 1.01. The van der Waals surface area contributed by atoms with E-state index in [9.17, 15) is 5.11 Å². The number of aliphatic hydroxyl groups excluding tert-OH is 1. The summed E-state index contributed by atoms with van der Waals surface area (Å²) in [6, 6.07) is 2.07. The van der Waals surface area contributed by atoms with Crippen LogP contribution >= 0.6 is 15.9 Å². The molecule has 3 nitrogen and oxygen atoms in total. The smallest absolute Gasteiger partial charge is 0.0499 e. The van der Waals surface area contributed by atoms with Gasteiger partial charge in [-0.25, -0.2) is 0 Å². The highest BCUT2D eigenvalue weighted by molar-refractivity contribution is 9.10. The molecular formula is C13H19BrN2O. The minimum absolute atomic E-state index is 0.124. The molecule has 1 heterocycles. The molecule has 2 rings (SSSR count). The van der Waals surface area contributed by atoms with Crippen molar-refractivity contribution in [3.05, 3.63) is 28.5 Å². The van der Waals surface area contributed by atoms with Gasteiger partial charge in [0.25, 0.3) is 0 Å². The Balaban J connectivity index is 1.82. The molecular weight excluding hydrogens is 280 g/mol. The first-order valence-electron chi connectivity index (χ1n) is 6.15. The number of aromatic nitrogens is 1. The standard InChI is InChI=1S/C13H19BrN2O/c14-12-5-11(6-15-8-12)7-16-9-13(10-17)3-1-2-4-13/h5-6,8,16-17H,1-4,7,9-10H2. The van der Waals surface area contributed by atoms with Crippen LogP contribution in [-0.2, 0) is 6.54 Å².